The Morgan fingerprint density at radius 1 is 0.458 bits per heavy atom. The zero-order valence-corrected chi connectivity index (χ0v) is 33.5. The molecule has 1 nitrogen and oxygen atoms in total. The topological polar surface area (TPSA) is 3.24 Å². The Morgan fingerprint density at radius 3 is 1.97 bits per heavy atom. The molecule has 1 aliphatic carbocycles. The lowest BCUT2D eigenvalue weighted by Gasteiger charge is -2.32. The second-order valence-electron chi connectivity index (χ2n) is 15.6. The molecule has 0 bridgehead atoms. The largest absolute Gasteiger partial charge is 0.310 e. The molecule has 10 aromatic rings. The highest BCUT2D eigenvalue weighted by atomic mass is 32.1. The summed E-state index contributed by atoms with van der Waals surface area (Å²) in [7, 11) is 0. The van der Waals surface area contributed by atoms with Gasteiger partial charge in [0, 0.05) is 37.2 Å². The van der Waals surface area contributed by atoms with Gasteiger partial charge in [0.05, 0.1) is 5.41 Å². The van der Waals surface area contributed by atoms with Crippen LogP contribution in [0.4, 0.5) is 17.1 Å². The van der Waals surface area contributed by atoms with Crippen LogP contribution in [0.25, 0.3) is 64.0 Å². The summed E-state index contributed by atoms with van der Waals surface area (Å²) < 4.78 is 2.61. The van der Waals surface area contributed by atoms with Crippen LogP contribution >= 0.6 is 11.3 Å². The maximum Gasteiger partial charge on any atom is 0.0644 e. The SMILES string of the molecule is C=CCC/C=C/C1(c2ccccc2)c2ccccc2-c2ccc(N(c3ccc(-c4ccc5ccc6ccccc6c5c4)cc3)c3ccc4sc5ccccc5c4c3)cc21. The Kier molecular flexibility index (Phi) is 8.61. The molecule has 0 saturated carbocycles. The third kappa shape index (κ3) is 5.82. The summed E-state index contributed by atoms with van der Waals surface area (Å²) in [4.78, 5) is 2.45. The minimum atomic E-state index is -0.451. The maximum absolute atomic E-state index is 4.00. The summed E-state index contributed by atoms with van der Waals surface area (Å²) in [6.45, 7) is 4.00. The first-order chi connectivity index (χ1) is 29.2. The van der Waals surface area contributed by atoms with E-state index in [4.69, 9.17) is 0 Å². The van der Waals surface area contributed by atoms with Gasteiger partial charge in [-0.3, -0.25) is 0 Å². The van der Waals surface area contributed by atoms with Crippen molar-refractivity contribution in [1.82, 2.24) is 0 Å². The first-order valence-electron chi connectivity index (χ1n) is 20.5. The van der Waals surface area contributed by atoms with Crippen molar-refractivity contribution in [3.63, 3.8) is 0 Å². The van der Waals surface area contributed by atoms with Crippen LogP contribution in [-0.4, -0.2) is 0 Å². The highest BCUT2D eigenvalue weighted by Gasteiger charge is 2.43. The van der Waals surface area contributed by atoms with E-state index >= 15 is 0 Å². The van der Waals surface area contributed by atoms with Crippen LogP contribution in [0.2, 0.25) is 0 Å². The van der Waals surface area contributed by atoms with Crippen molar-refractivity contribution < 1.29 is 0 Å². The third-order valence-corrected chi connectivity index (χ3v) is 13.4. The van der Waals surface area contributed by atoms with E-state index in [1.54, 1.807) is 0 Å². The van der Waals surface area contributed by atoms with Gasteiger partial charge in [-0.25, -0.2) is 0 Å². The average molecular weight is 772 g/mol. The van der Waals surface area contributed by atoms with Gasteiger partial charge in [0.2, 0.25) is 0 Å². The number of rotatable bonds is 9. The minimum Gasteiger partial charge on any atom is -0.310 e. The smallest absolute Gasteiger partial charge is 0.0644 e. The van der Waals surface area contributed by atoms with Gasteiger partial charge in [-0.15, -0.1) is 17.9 Å². The van der Waals surface area contributed by atoms with Gasteiger partial charge in [0.25, 0.3) is 0 Å². The lowest BCUT2D eigenvalue weighted by atomic mass is 9.72. The summed E-state index contributed by atoms with van der Waals surface area (Å²) in [5, 5.41) is 7.66. The van der Waals surface area contributed by atoms with Crippen LogP contribution in [0, 0.1) is 0 Å². The van der Waals surface area contributed by atoms with Crippen molar-refractivity contribution in [3.05, 3.63) is 236 Å². The van der Waals surface area contributed by atoms with Gasteiger partial charge in [-0.1, -0.05) is 158 Å². The van der Waals surface area contributed by atoms with Crippen LogP contribution < -0.4 is 4.90 Å². The van der Waals surface area contributed by atoms with E-state index in [9.17, 15) is 0 Å². The molecule has 0 amide bonds. The Morgan fingerprint density at radius 2 is 1.10 bits per heavy atom. The number of hydrogen-bond acceptors (Lipinski definition) is 2. The molecular weight excluding hydrogens is 731 g/mol. The number of thiophene rings is 1. The van der Waals surface area contributed by atoms with E-state index in [2.05, 4.69) is 218 Å². The molecule has 2 heteroatoms. The predicted molar refractivity (Wildman–Crippen MR) is 255 cm³/mol. The van der Waals surface area contributed by atoms with Gasteiger partial charge < -0.3 is 4.90 Å². The standard InChI is InChI=1S/C57H41NS/c1-2-3-4-14-35-57(43-16-6-5-7-17-43)53-21-12-10-19-48(53)49-33-31-46(38-54(49)57)58(45-32-34-56-52(37-45)50-20-11-13-22-55(50)59-56)44-29-27-39(28-30-44)42-26-25-41-24-23-40-15-8-9-18-47(40)51(41)36-42/h2,5-38H,1,3-4H2/b35-14+. The molecule has 1 aliphatic rings. The summed E-state index contributed by atoms with van der Waals surface area (Å²) >= 11 is 1.86. The van der Waals surface area contributed by atoms with Gasteiger partial charge in [0.15, 0.2) is 0 Å². The lowest BCUT2D eigenvalue weighted by molar-refractivity contribution is 0.797. The van der Waals surface area contributed by atoms with Crippen molar-refractivity contribution in [2.75, 3.05) is 4.90 Å². The molecule has 0 radical (unpaired) electrons. The summed E-state index contributed by atoms with van der Waals surface area (Å²) in [5.41, 5.74) is 11.8. The van der Waals surface area contributed by atoms with Crippen molar-refractivity contribution in [2.24, 2.45) is 0 Å². The Labute approximate surface area is 349 Å². The fraction of sp³-hybridized carbons (Fsp3) is 0.0526. The normalized spacial score (nSPS) is 14.6. The van der Waals surface area contributed by atoms with Crippen molar-refractivity contribution >= 4 is 70.1 Å². The monoisotopic (exact) mass is 771 g/mol. The first-order valence-corrected chi connectivity index (χ1v) is 21.3. The molecule has 11 rings (SSSR count). The molecule has 280 valence electrons. The van der Waals surface area contributed by atoms with Crippen molar-refractivity contribution in [2.45, 2.75) is 18.3 Å². The molecule has 0 aliphatic heterocycles. The molecule has 1 atom stereocenters. The molecule has 0 fully saturated rings. The van der Waals surface area contributed by atoms with Crippen LogP contribution in [0.15, 0.2) is 219 Å². The lowest BCUT2D eigenvalue weighted by Crippen LogP contribution is -2.24. The Balaban J connectivity index is 1.10. The van der Waals surface area contributed by atoms with Crippen molar-refractivity contribution in [1.29, 1.82) is 0 Å². The van der Waals surface area contributed by atoms with Gasteiger partial charge >= 0.3 is 0 Å². The van der Waals surface area contributed by atoms with E-state index in [0.717, 1.165) is 29.9 Å². The maximum atomic E-state index is 4.00. The van der Waals surface area contributed by atoms with E-state index in [0.29, 0.717) is 0 Å². The molecule has 0 spiro atoms. The van der Waals surface area contributed by atoms with Crippen LogP contribution in [0.1, 0.15) is 29.5 Å². The van der Waals surface area contributed by atoms with Crippen LogP contribution in [-0.2, 0) is 5.41 Å². The van der Waals surface area contributed by atoms with Crippen LogP contribution in [0.3, 0.4) is 0 Å². The second kappa shape index (κ2) is 14.4. The zero-order chi connectivity index (χ0) is 39.3. The van der Waals surface area contributed by atoms with Crippen LogP contribution in [0.5, 0.6) is 0 Å². The third-order valence-electron chi connectivity index (χ3n) is 12.3. The fourth-order valence-electron chi connectivity index (χ4n) is 9.49. The number of nitrogens with zero attached hydrogens (tertiary/aromatic N) is 1. The second-order valence-corrected chi connectivity index (χ2v) is 16.7. The highest BCUT2D eigenvalue weighted by Crippen LogP contribution is 2.55. The molecule has 0 saturated heterocycles. The van der Waals surface area contributed by atoms with Gasteiger partial charge in [0.1, 0.15) is 0 Å². The number of anilines is 3. The van der Waals surface area contributed by atoms with E-state index in [1.165, 1.54) is 80.7 Å². The number of fused-ring (bicyclic) bond motifs is 9. The molecule has 9 aromatic carbocycles. The predicted octanol–water partition coefficient (Wildman–Crippen LogP) is 16.3. The minimum absolute atomic E-state index is 0.451. The number of benzene rings is 9. The summed E-state index contributed by atoms with van der Waals surface area (Å²) in [5.74, 6) is 0. The molecular formula is C57H41NS. The van der Waals surface area contributed by atoms with Gasteiger partial charge in [-0.2, -0.15) is 0 Å². The molecule has 0 N–H and O–H groups in total. The van der Waals surface area contributed by atoms with E-state index in [-0.39, 0.29) is 0 Å². The highest BCUT2D eigenvalue weighted by molar-refractivity contribution is 7.25. The van der Waals surface area contributed by atoms with Crippen molar-refractivity contribution in [3.8, 4) is 22.3 Å². The number of allylic oxidation sites excluding steroid dienone is 3. The Bertz CT molecular complexity index is 3240. The van der Waals surface area contributed by atoms with E-state index in [1.807, 2.05) is 17.4 Å². The quantitative estimate of drug-likeness (QED) is 0.0802. The van der Waals surface area contributed by atoms with Gasteiger partial charge in [-0.05, 0) is 128 Å². The molecule has 1 heterocycles. The summed E-state index contributed by atoms with van der Waals surface area (Å²) in [6, 6.07) is 72.0. The average Bonchev–Trinajstić information content (AvgIpc) is 3.81. The molecule has 1 unspecified atom stereocenters. The zero-order valence-electron chi connectivity index (χ0n) is 32.7. The Hall–Kier alpha value is -7.00. The number of hydrogen-bond donors (Lipinski definition) is 0. The number of unbranched alkanes of at least 4 members (excludes halogenated alkanes) is 1. The summed E-state index contributed by atoms with van der Waals surface area (Å²) in [6.07, 6.45) is 8.70. The molecule has 59 heavy (non-hydrogen) atoms. The first kappa shape index (κ1) is 35.2. The molecule has 1 aromatic heterocycles. The fourth-order valence-corrected chi connectivity index (χ4v) is 10.6. The van der Waals surface area contributed by atoms with E-state index < -0.39 is 5.41 Å².